The summed E-state index contributed by atoms with van der Waals surface area (Å²) < 4.78 is 0. The van der Waals surface area contributed by atoms with Crippen LogP contribution in [-0.2, 0) is 21.7 Å². The van der Waals surface area contributed by atoms with E-state index in [1.807, 2.05) is 0 Å². The fourth-order valence-electron chi connectivity index (χ4n) is 4.41. The van der Waals surface area contributed by atoms with Gasteiger partial charge in [0.25, 0.3) is 0 Å². The molecule has 0 saturated heterocycles. The Bertz CT molecular complexity index is 861. The molecule has 5 heteroatoms. The van der Waals surface area contributed by atoms with Gasteiger partial charge < -0.3 is 37.2 Å². The van der Waals surface area contributed by atoms with Crippen molar-refractivity contribution < 1.29 is 58.9 Å². The average Bonchev–Trinajstić information content (AvgIpc) is 3.04. The van der Waals surface area contributed by atoms with E-state index in [1.54, 1.807) is 5.20 Å². The predicted octanol–water partition coefficient (Wildman–Crippen LogP) is -4.97. The molecule has 0 fully saturated rings. The molecule has 0 saturated carbocycles. The van der Waals surface area contributed by atoms with Crippen LogP contribution in [0.15, 0.2) is 108 Å². The van der Waals surface area contributed by atoms with E-state index < -0.39 is 8.07 Å². The summed E-state index contributed by atoms with van der Waals surface area (Å²) in [6, 6.07) is 33.3. The maximum absolute atomic E-state index is 3.52. The molecular formula is C25H23Cl3SiTi. The van der Waals surface area contributed by atoms with Crippen LogP contribution >= 0.6 is 0 Å². The monoisotopic (exact) mass is 504 g/mol. The number of halogens is 3. The van der Waals surface area contributed by atoms with E-state index in [1.165, 1.54) is 21.1 Å². The Labute approximate surface area is 215 Å². The molecule has 0 aliphatic heterocycles. The Morgan fingerprint density at radius 3 is 1.23 bits per heavy atom. The van der Waals surface area contributed by atoms with Crippen molar-refractivity contribution in [3.8, 4) is 0 Å². The summed E-state index contributed by atoms with van der Waals surface area (Å²) in [6.07, 6.45) is 5.76. The van der Waals surface area contributed by atoms with Crippen molar-refractivity contribution in [3.63, 3.8) is 0 Å². The van der Waals surface area contributed by atoms with Gasteiger partial charge in [-0.05, 0) is 0 Å². The molecule has 1 unspecified atom stereocenters. The van der Waals surface area contributed by atoms with Gasteiger partial charge in [0, 0.05) is 0 Å². The minimum absolute atomic E-state index is 0. The summed E-state index contributed by atoms with van der Waals surface area (Å²) in [7, 11) is -2.33. The first kappa shape index (κ1) is 28.9. The normalized spacial score (nSPS) is 14.7. The molecule has 3 aromatic rings. The van der Waals surface area contributed by atoms with Gasteiger partial charge in [0.15, 0.2) is 0 Å². The second kappa shape index (κ2) is 12.7. The molecule has 1 atom stereocenters. The number of benzene rings is 3. The zero-order valence-electron chi connectivity index (χ0n) is 16.9. The second-order valence-corrected chi connectivity index (χ2v) is 10.8. The van der Waals surface area contributed by atoms with Gasteiger partial charge in [-0.3, -0.25) is 6.08 Å². The first-order valence-corrected chi connectivity index (χ1v) is 11.2. The SMILES string of the molecule is CC1=C([Si](c2ccccc2)(c2ccccc2)c2ccccc2)C(C)C=[C-]1.[Cl-].[Cl-].[Cl-].[Ti+4]. The molecule has 0 spiro atoms. The van der Waals surface area contributed by atoms with Gasteiger partial charge in [-0.1, -0.05) is 126 Å². The van der Waals surface area contributed by atoms with E-state index in [-0.39, 0.29) is 58.9 Å². The van der Waals surface area contributed by atoms with Gasteiger partial charge in [-0.25, -0.2) is 5.57 Å². The molecule has 0 bridgehead atoms. The van der Waals surface area contributed by atoms with Crippen LogP contribution < -0.4 is 52.8 Å². The van der Waals surface area contributed by atoms with E-state index in [0.29, 0.717) is 5.92 Å². The van der Waals surface area contributed by atoms with Crippen LogP contribution in [-0.4, -0.2) is 8.07 Å². The number of hydrogen-bond acceptors (Lipinski definition) is 0. The van der Waals surface area contributed by atoms with E-state index in [9.17, 15) is 0 Å². The molecule has 152 valence electrons. The summed E-state index contributed by atoms with van der Waals surface area (Å²) in [5.74, 6) is 0.405. The minimum Gasteiger partial charge on any atom is -1.00 e. The minimum atomic E-state index is -2.33. The van der Waals surface area contributed by atoms with E-state index in [0.717, 1.165) is 0 Å². The molecular weight excluding hydrogens is 483 g/mol. The average molecular weight is 506 g/mol. The standard InChI is InChI=1S/C25H23Si.3ClH.Ti/c1-20-18-19-21(2)25(20)26(22-12-6-3-7-13-22,23-14-8-4-9-15-23)24-16-10-5-11-17-24;;;;/h3-18,20H,1-2H3;3*1H;/q-1;;;;+4/p-3. The van der Waals surface area contributed by atoms with Crippen LogP contribution in [0.25, 0.3) is 0 Å². The van der Waals surface area contributed by atoms with Gasteiger partial charge >= 0.3 is 21.7 Å². The molecule has 0 radical (unpaired) electrons. The number of hydrogen-bond donors (Lipinski definition) is 0. The van der Waals surface area contributed by atoms with Gasteiger partial charge in [-0.15, -0.1) is 0 Å². The fourth-order valence-corrected chi connectivity index (χ4v) is 9.82. The molecule has 0 N–H and O–H groups in total. The van der Waals surface area contributed by atoms with Crippen LogP contribution in [0, 0.1) is 12.0 Å². The van der Waals surface area contributed by atoms with Crippen LogP contribution in [0.2, 0.25) is 0 Å². The van der Waals surface area contributed by atoms with Gasteiger partial charge in [0.1, 0.15) is 0 Å². The first-order valence-electron chi connectivity index (χ1n) is 9.22. The van der Waals surface area contributed by atoms with E-state index in [4.69, 9.17) is 0 Å². The maximum Gasteiger partial charge on any atom is 4.00 e. The third-order valence-corrected chi connectivity index (χ3v) is 10.7. The second-order valence-electron chi connectivity index (χ2n) is 6.99. The van der Waals surface area contributed by atoms with Crippen LogP contribution in [0.3, 0.4) is 0 Å². The number of allylic oxidation sites excluding steroid dienone is 4. The Hall–Kier alpha value is -1.06. The van der Waals surface area contributed by atoms with Crippen LogP contribution in [0.4, 0.5) is 0 Å². The zero-order valence-corrected chi connectivity index (χ0v) is 21.8. The third-order valence-electron chi connectivity index (χ3n) is 5.43. The van der Waals surface area contributed by atoms with Crippen LogP contribution in [0.1, 0.15) is 13.8 Å². The quantitative estimate of drug-likeness (QED) is 0.189. The Kier molecular flexibility index (Phi) is 12.3. The Morgan fingerprint density at radius 2 is 0.967 bits per heavy atom. The third kappa shape index (κ3) is 5.05. The van der Waals surface area contributed by atoms with Gasteiger partial charge in [-0.2, -0.15) is 11.3 Å². The molecule has 3 aromatic carbocycles. The Balaban J connectivity index is 0.00000210. The number of rotatable bonds is 4. The smallest absolute Gasteiger partial charge is 1.00 e. The topological polar surface area (TPSA) is 0 Å². The van der Waals surface area contributed by atoms with Crippen molar-refractivity contribution in [2.75, 3.05) is 0 Å². The molecule has 1 aliphatic rings. The molecule has 0 heterocycles. The van der Waals surface area contributed by atoms with Crippen molar-refractivity contribution in [1.82, 2.24) is 0 Å². The zero-order chi connectivity index (χ0) is 18.0. The fraction of sp³-hybridized carbons (Fsp3) is 0.120. The van der Waals surface area contributed by atoms with Gasteiger partial charge in [0.2, 0.25) is 0 Å². The summed E-state index contributed by atoms with van der Waals surface area (Å²) in [5.41, 5.74) is 1.31. The van der Waals surface area contributed by atoms with Crippen molar-refractivity contribution in [2.45, 2.75) is 13.8 Å². The molecule has 1 aliphatic carbocycles. The summed E-state index contributed by atoms with van der Waals surface area (Å²) >= 11 is 0. The van der Waals surface area contributed by atoms with E-state index >= 15 is 0 Å². The van der Waals surface area contributed by atoms with Gasteiger partial charge in [0.05, 0.1) is 8.07 Å². The first-order chi connectivity index (χ1) is 12.7. The molecule has 0 nitrogen and oxygen atoms in total. The van der Waals surface area contributed by atoms with Crippen molar-refractivity contribution in [1.29, 1.82) is 0 Å². The molecule has 0 amide bonds. The summed E-state index contributed by atoms with van der Waals surface area (Å²) in [4.78, 5) is 0. The van der Waals surface area contributed by atoms with Crippen LogP contribution in [0.5, 0.6) is 0 Å². The summed E-state index contributed by atoms with van der Waals surface area (Å²) in [5, 5.41) is 5.88. The molecule has 4 rings (SSSR count). The van der Waals surface area contributed by atoms with E-state index in [2.05, 4.69) is 117 Å². The van der Waals surface area contributed by atoms with Crippen molar-refractivity contribution in [2.24, 2.45) is 5.92 Å². The predicted molar refractivity (Wildman–Crippen MR) is 114 cm³/mol. The maximum atomic E-state index is 3.52. The van der Waals surface area contributed by atoms with Crippen molar-refractivity contribution in [3.05, 3.63) is 114 Å². The molecule has 30 heavy (non-hydrogen) atoms. The summed E-state index contributed by atoms with van der Waals surface area (Å²) in [6.45, 7) is 4.54. The Morgan fingerprint density at radius 1 is 0.633 bits per heavy atom. The largest absolute Gasteiger partial charge is 4.00 e. The van der Waals surface area contributed by atoms with Crippen molar-refractivity contribution >= 4 is 23.6 Å². The molecule has 0 aromatic heterocycles.